The van der Waals surface area contributed by atoms with Crippen molar-refractivity contribution in [2.45, 2.75) is 11.3 Å². The van der Waals surface area contributed by atoms with Crippen molar-refractivity contribution in [1.29, 1.82) is 0 Å². The molecule has 3 N–H and O–H groups in total. The Bertz CT molecular complexity index is 1100. The van der Waals surface area contributed by atoms with Gasteiger partial charge in [0.2, 0.25) is 0 Å². The van der Waals surface area contributed by atoms with E-state index in [0.717, 1.165) is 21.2 Å². The van der Waals surface area contributed by atoms with Crippen LogP contribution in [0.3, 0.4) is 0 Å². The van der Waals surface area contributed by atoms with Gasteiger partial charge >= 0.3 is 5.97 Å². The van der Waals surface area contributed by atoms with Crippen LogP contribution >= 0.6 is 11.8 Å². The third-order valence-corrected chi connectivity index (χ3v) is 6.25. The quantitative estimate of drug-likeness (QED) is 0.444. The lowest BCUT2D eigenvalue weighted by atomic mass is 10.1. The average molecular weight is 452 g/mol. The van der Waals surface area contributed by atoms with Gasteiger partial charge in [0, 0.05) is 35.2 Å². The van der Waals surface area contributed by atoms with Crippen molar-refractivity contribution in [3.05, 3.63) is 72.8 Å². The number of carbonyl (C=O) groups is 2. The van der Waals surface area contributed by atoms with Crippen LogP contribution in [0.25, 0.3) is 11.1 Å². The predicted octanol–water partition coefficient (Wildman–Crippen LogP) is 3.10. The minimum absolute atomic E-state index is 0.134. The van der Waals surface area contributed by atoms with E-state index in [4.69, 9.17) is 0 Å². The number of hydrogen-bond acceptors (Lipinski definition) is 8. The van der Waals surface area contributed by atoms with Crippen LogP contribution in [0, 0.1) is 5.92 Å². The molecule has 1 aliphatic heterocycles. The van der Waals surface area contributed by atoms with Gasteiger partial charge in [0.25, 0.3) is 5.91 Å². The number of aromatic nitrogens is 2. The minimum atomic E-state index is -0.929. The number of carbonyl (C=O) groups excluding carboxylic acids is 1. The van der Waals surface area contributed by atoms with Crippen molar-refractivity contribution in [3.8, 4) is 11.1 Å². The molecule has 32 heavy (non-hydrogen) atoms. The zero-order chi connectivity index (χ0) is 22.5. The van der Waals surface area contributed by atoms with Crippen molar-refractivity contribution in [2.75, 3.05) is 17.5 Å². The third kappa shape index (κ3) is 4.88. The summed E-state index contributed by atoms with van der Waals surface area (Å²) in [6, 6.07) is 14.4. The highest BCUT2D eigenvalue weighted by atomic mass is 32.2. The topological polar surface area (TPSA) is 119 Å². The number of nitrogens with zero attached hydrogens (tertiary/aromatic N) is 4. The van der Waals surface area contributed by atoms with E-state index in [0.29, 0.717) is 17.0 Å². The molecule has 164 valence electrons. The molecule has 4 rings (SSSR count). The maximum Gasteiger partial charge on any atom is 0.307 e. The number of amides is 1. The van der Waals surface area contributed by atoms with Crippen molar-refractivity contribution in [3.63, 3.8) is 0 Å². The molecule has 1 aliphatic rings. The lowest BCUT2D eigenvalue weighted by Gasteiger charge is -2.34. The van der Waals surface area contributed by atoms with Crippen LogP contribution in [0.1, 0.15) is 16.8 Å². The predicted molar refractivity (Wildman–Crippen MR) is 119 cm³/mol. The summed E-state index contributed by atoms with van der Waals surface area (Å²) in [5.74, 6) is -1.56. The molecule has 1 unspecified atom stereocenters. The van der Waals surface area contributed by atoms with Gasteiger partial charge in [0.1, 0.15) is 6.33 Å². The van der Waals surface area contributed by atoms with Gasteiger partial charge in [0.05, 0.1) is 17.2 Å². The summed E-state index contributed by atoms with van der Waals surface area (Å²) in [4.78, 5) is 33.4. The molecule has 0 saturated carbocycles. The highest BCUT2D eigenvalue weighted by Gasteiger charge is 2.29. The van der Waals surface area contributed by atoms with E-state index in [2.05, 4.69) is 15.5 Å². The number of para-hydroxylation sites is 1. The fourth-order valence-electron chi connectivity index (χ4n) is 3.30. The molecular weight excluding hydrogens is 430 g/mol. The van der Waals surface area contributed by atoms with Gasteiger partial charge in [-0.25, -0.2) is 9.97 Å². The Morgan fingerprint density at radius 3 is 2.50 bits per heavy atom. The highest BCUT2D eigenvalue weighted by Crippen LogP contribution is 2.27. The molecule has 2 aromatic carbocycles. The van der Waals surface area contributed by atoms with Gasteiger partial charge in [-0.1, -0.05) is 24.3 Å². The molecular formula is C22H21N5O4S. The number of anilines is 1. The first-order valence-electron chi connectivity index (χ1n) is 9.90. The van der Waals surface area contributed by atoms with Gasteiger partial charge in [-0.3, -0.25) is 19.8 Å². The van der Waals surface area contributed by atoms with Crippen LogP contribution in [-0.2, 0) is 4.79 Å². The summed E-state index contributed by atoms with van der Waals surface area (Å²) in [5, 5.41) is 21.7. The summed E-state index contributed by atoms with van der Waals surface area (Å²) >= 11 is 1.44. The van der Waals surface area contributed by atoms with Crippen LogP contribution in [0.4, 0.5) is 5.69 Å². The number of aliphatic carboxylic acids is 1. The number of nitrogens with one attached hydrogen (secondary N) is 1. The molecule has 0 radical (unpaired) electrons. The highest BCUT2D eigenvalue weighted by molar-refractivity contribution is 7.99. The maximum absolute atomic E-state index is 12.6. The fourth-order valence-corrected chi connectivity index (χ4v) is 4.33. The number of fused-ring (bicyclic) bond motifs is 1. The number of carboxylic acids is 1. The van der Waals surface area contributed by atoms with Gasteiger partial charge < -0.3 is 5.11 Å². The molecule has 2 heterocycles. The second-order valence-electron chi connectivity index (χ2n) is 7.17. The summed E-state index contributed by atoms with van der Waals surface area (Å²) in [7, 11) is 0. The Labute approximate surface area is 188 Å². The Kier molecular flexibility index (Phi) is 6.64. The van der Waals surface area contributed by atoms with Crippen LogP contribution in [0.5, 0.6) is 0 Å². The van der Waals surface area contributed by atoms with Crippen LogP contribution in [0.2, 0.25) is 0 Å². The van der Waals surface area contributed by atoms with E-state index in [1.54, 1.807) is 36.7 Å². The van der Waals surface area contributed by atoms with Crippen molar-refractivity contribution < 1.29 is 19.9 Å². The van der Waals surface area contributed by atoms with E-state index in [1.165, 1.54) is 23.1 Å². The first-order valence-corrected chi connectivity index (χ1v) is 10.9. The van der Waals surface area contributed by atoms with Gasteiger partial charge in [0.15, 0.2) is 0 Å². The number of thioether (sulfide) groups is 1. The molecule has 0 aliphatic carbocycles. The molecule has 1 aromatic heterocycles. The van der Waals surface area contributed by atoms with Gasteiger partial charge in [-0.05, 0) is 36.2 Å². The fraction of sp³-hybridized carbons (Fsp3) is 0.182. The van der Waals surface area contributed by atoms with E-state index >= 15 is 0 Å². The number of hydrazine groups is 2. The number of hydrogen-bond donors (Lipinski definition) is 3. The standard InChI is InChI=1S/C22H21N5O4S/c28-21-19-3-1-2-4-20(19)27(31)25-26(21)10-9-16(22(29)30)13-32-18-7-5-15(6-8-18)17-11-23-14-24-12-17/h1-8,11-12,14,16,25,31H,9-10,13H2,(H,29,30). The molecule has 0 bridgehead atoms. The van der Waals surface area contributed by atoms with Crippen molar-refractivity contribution >= 4 is 29.3 Å². The second-order valence-corrected chi connectivity index (χ2v) is 8.27. The summed E-state index contributed by atoms with van der Waals surface area (Å²) in [6.07, 6.45) is 5.18. The molecule has 1 amide bonds. The zero-order valence-corrected chi connectivity index (χ0v) is 17.8. The van der Waals surface area contributed by atoms with Crippen molar-refractivity contribution in [1.82, 2.24) is 20.5 Å². The Hall–Kier alpha value is -3.47. The van der Waals surface area contributed by atoms with Gasteiger partial charge in [-0.15, -0.1) is 17.3 Å². The maximum atomic E-state index is 12.6. The summed E-state index contributed by atoms with van der Waals surface area (Å²) in [5.41, 5.74) is 5.16. The normalized spacial score (nSPS) is 14.2. The monoisotopic (exact) mass is 451 g/mol. The van der Waals surface area contributed by atoms with E-state index in [9.17, 15) is 19.9 Å². The average Bonchev–Trinajstić information content (AvgIpc) is 2.82. The SMILES string of the molecule is O=C(O)C(CCN1NN(O)c2ccccc2C1=O)CSc1ccc(-c2cncnc2)cc1. The zero-order valence-electron chi connectivity index (χ0n) is 17.0. The Morgan fingerprint density at radius 2 is 1.78 bits per heavy atom. The molecule has 0 spiro atoms. The van der Waals surface area contributed by atoms with Crippen molar-refractivity contribution in [2.24, 2.45) is 5.92 Å². The molecule has 0 fully saturated rings. The lowest BCUT2D eigenvalue weighted by Crippen LogP contribution is -2.56. The first kappa shape index (κ1) is 21.8. The number of carboxylic acid groups (broad SMARTS) is 1. The Balaban J connectivity index is 1.35. The van der Waals surface area contributed by atoms with Crippen LogP contribution in [-0.4, -0.2) is 49.5 Å². The largest absolute Gasteiger partial charge is 0.481 e. The van der Waals surface area contributed by atoms with E-state index in [1.807, 2.05) is 24.3 Å². The molecule has 9 nitrogen and oxygen atoms in total. The smallest absolute Gasteiger partial charge is 0.307 e. The molecule has 1 atom stereocenters. The van der Waals surface area contributed by atoms with E-state index < -0.39 is 11.9 Å². The van der Waals surface area contributed by atoms with E-state index in [-0.39, 0.29) is 18.9 Å². The molecule has 3 aromatic rings. The Morgan fingerprint density at radius 1 is 1.06 bits per heavy atom. The van der Waals surface area contributed by atoms with Crippen LogP contribution in [0.15, 0.2) is 72.1 Å². The number of rotatable bonds is 8. The molecule has 10 heteroatoms. The first-order chi connectivity index (χ1) is 15.5. The third-order valence-electron chi connectivity index (χ3n) is 5.07. The van der Waals surface area contributed by atoms with Crippen LogP contribution < -0.4 is 10.7 Å². The second kappa shape index (κ2) is 9.77. The number of benzene rings is 2. The lowest BCUT2D eigenvalue weighted by molar-refractivity contribution is -0.141. The van der Waals surface area contributed by atoms with Gasteiger partial charge in [-0.2, -0.15) is 5.17 Å². The summed E-state index contributed by atoms with van der Waals surface area (Å²) in [6.45, 7) is 0.134. The molecule has 0 saturated heterocycles. The minimum Gasteiger partial charge on any atom is -0.481 e. The summed E-state index contributed by atoms with van der Waals surface area (Å²) < 4.78 is 0.